The Labute approximate surface area is 168 Å². The molecule has 0 radical (unpaired) electrons. The lowest BCUT2D eigenvalue weighted by molar-refractivity contribution is -0.137. The number of anilines is 1. The maximum atomic E-state index is 13.7. The minimum atomic E-state index is -4.51. The van der Waals surface area contributed by atoms with Crippen molar-refractivity contribution in [2.24, 2.45) is 0 Å². The van der Waals surface area contributed by atoms with E-state index >= 15 is 0 Å². The summed E-state index contributed by atoms with van der Waals surface area (Å²) in [6, 6.07) is 11.1. The van der Waals surface area contributed by atoms with Crippen molar-refractivity contribution in [2.45, 2.75) is 6.18 Å². The van der Waals surface area contributed by atoms with Crippen LogP contribution in [0.3, 0.4) is 0 Å². The summed E-state index contributed by atoms with van der Waals surface area (Å²) in [5.41, 5.74) is 0.700. The van der Waals surface area contributed by atoms with Gasteiger partial charge in [-0.1, -0.05) is 18.2 Å². The number of piperazine rings is 1. The summed E-state index contributed by atoms with van der Waals surface area (Å²) >= 11 is 0. The minimum absolute atomic E-state index is 0.247. The Hall–Kier alpha value is -3.33. The van der Waals surface area contributed by atoms with Crippen molar-refractivity contribution in [3.63, 3.8) is 0 Å². The summed E-state index contributed by atoms with van der Waals surface area (Å²) in [5.74, 6) is 0. The number of pyridine rings is 1. The second-order valence-corrected chi connectivity index (χ2v) is 7.26. The van der Waals surface area contributed by atoms with Gasteiger partial charge in [-0.2, -0.15) is 13.2 Å². The molecule has 1 fully saturated rings. The molecule has 0 saturated carbocycles. The number of halogens is 3. The Bertz CT molecular complexity index is 1290. The van der Waals surface area contributed by atoms with Crippen LogP contribution in [-0.4, -0.2) is 40.9 Å². The molecule has 0 unspecified atom stereocenters. The maximum absolute atomic E-state index is 13.7. The number of aromatic amines is 1. The Kier molecular flexibility index (Phi) is 4.28. The predicted molar refractivity (Wildman–Crippen MR) is 109 cm³/mol. The number of aromatic nitrogens is 3. The topological polar surface area (TPSA) is 66.0 Å². The highest BCUT2D eigenvalue weighted by Gasteiger charge is 2.33. The lowest BCUT2D eigenvalue weighted by Gasteiger charge is -2.30. The number of nitrogens with one attached hydrogen (secondary N) is 2. The molecule has 0 amide bonds. The average molecular weight is 413 g/mol. The van der Waals surface area contributed by atoms with E-state index in [2.05, 4.69) is 15.4 Å². The molecule has 5 rings (SSSR count). The van der Waals surface area contributed by atoms with Gasteiger partial charge in [0.1, 0.15) is 0 Å². The number of rotatable bonds is 2. The van der Waals surface area contributed by atoms with Crippen LogP contribution in [0.25, 0.3) is 27.5 Å². The van der Waals surface area contributed by atoms with Crippen LogP contribution in [-0.2, 0) is 6.18 Å². The molecule has 0 spiro atoms. The van der Waals surface area contributed by atoms with Gasteiger partial charge in [0.15, 0.2) is 0 Å². The molecular formula is C21H18F3N5O. The van der Waals surface area contributed by atoms with Crippen LogP contribution in [0.5, 0.6) is 0 Å². The molecule has 1 saturated heterocycles. The molecule has 2 aromatic heterocycles. The second-order valence-electron chi connectivity index (χ2n) is 7.26. The van der Waals surface area contributed by atoms with Crippen molar-refractivity contribution < 1.29 is 13.2 Å². The summed E-state index contributed by atoms with van der Waals surface area (Å²) < 4.78 is 42.4. The van der Waals surface area contributed by atoms with Gasteiger partial charge in [0.2, 0.25) is 0 Å². The third-order valence-electron chi connectivity index (χ3n) is 5.41. The van der Waals surface area contributed by atoms with Gasteiger partial charge in [-0.15, -0.1) is 0 Å². The molecule has 1 aliphatic heterocycles. The van der Waals surface area contributed by atoms with Gasteiger partial charge in [-0.05, 0) is 24.3 Å². The van der Waals surface area contributed by atoms with E-state index in [-0.39, 0.29) is 16.3 Å². The van der Waals surface area contributed by atoms with Crippen LogP contribution in [0.4, 0.5) is 18.9 Å². The van der Waals surface area contributed by atoms with E-state index in [4.69, 9.17) is 0 Å². The van der Waals surface area contributed by atoms with Gasteiger partial charge >= 0.3 is 6.18 Å². The quantitative estimate of drug-likeness (QED) is 0.529. The van der Waals surface area contributed by atoms with Gasteiger partial charge in [0.25, 0.3) is 5.56 Å². The third-order valence-corrected chi connectivity index (χ3v) is 5.41. The van der Waals surface area contributed by atoms with E-state index in [0.29, 0.717) is 48.6 Å². The highest BCUT2D eigenvalue weighted by Crippen LogP contribution is 2.38. The van der Waals surface area contributed by atoms with Gasteiger partial charge in [-0.25, -0.2) is 4.68 Å². The molecule has 0 bridgehead atoms. The third kappa shape index (κ3) is 3.02. The van der Waals surface area contributed by atoms with E-state index in [9.17, 15) is 18.0 Å². The van der Waals surface area contributed by atoms with Crippen molar-refractivity contribution in [2.75, 3.05) is 31.1 Å². The lowest BCUT2D eigenvalue weighted by Crippen LogP contribution is -2.43. The molecule has 2 aromatic carbocycles. The largest absolute Gasteiger partial charge is 0.416 e. The standard InChI is InChI=1S/C21H18F3N5O/c22-21(23,24)13-10-15-18-16(20(30)29(27-18)14-4-2-1-3-5-14)12-26-19(15)17(11-13)28-8-6-25-7-9-28/h1-5,10-12,25,27H,6-9H2. The van der Waals surface area contributed by atoms with E-state index in [0.717, 1.165) is 12.1 Å². The number of hydrogen-bond donors (Lipinski definition) is 2. The van der Waals surface area contributed by atoms with Crippen LogP contribution >= 0.6 is 0 Å². The summed E-state index contributed by atoms with van der Waals surface area (Å²) in [7, 11) is 0. The summed E-state index contributed by atoms with van der Waals surface area (Å²) in [6.45, 7) is 2.53. The van der Waals surface area contributed by atoms with E-state index in [1.807, 2.05) is 11.0 Å². The predicted octanol–water partition coefficient (Wildman–Crippen LogP) is 3.30. The fraction of sp³-hybridized carbons (Fsp3) is 0.238. The first kappa shape index (κ1) is 18.7. The van der Waals surface area contributed by atoms with Crippen molar-refractivity contribution in [3.8, 4) is 5.69 Å². The number of benzene rings is 2. The Morgan fingerprint density at radius 1 is 1.00 bits per heavy atom. The lowest BCUT2D eigenvalue weighted by atomic mass is 10.1. The number of hydrogen-bond acceptors (Lipinski definition) is 4. The van der Waals surface area contributed by atoms with E-state index in [1.165, 1.54) is 10.9 Å². The van der Waals surface area contributed by atoms with Crippen LogP contribution < -0.4 is 15.8 Å². The number of para-hydroxylation sites is 1. The summed E-state index contributed by atoms with van der Waals surface area (Å²) in [5, 5.41) is 6.73. The molecule has 3 heterocycles. The highest BCUT2D eigenvalue weighted by atomic mass is 19.4. The second kappa shape index (κ2) is 6.88. The molecule has 0 atom stereocenters. The fourth-order valence-electron chi connectivity index (χ4n) is 3.92. The van der Waals surface area contributed by atoms with Crippen molar-refractivity contribution in [1.82, 2.24) is 20.1 Å². The molecular weight excluding hydrogens is 395 g/mol. The zero-order chi connectivity index (χ0) is 20.9. The van der Waals surface area contributed by atoms with Crippen LogP contribution in [0.15, 0.2) is 53.5 Å². The number of alkyl halides is 3. The Balaban J connectivity index is 1.82. The molecule has 2 N–H and O–H groups in total. The van der Waals surface area contributed by atoms with Crippen LogP contribution in [0.2, 0.25) is 0 Å². The zero-order valence-electron chi connectivity index (χ0n) is 15.8. The maximum Gasteiger partial charge on any atom is 0.416 e. The molecule has 154 valence electrons. The van der Waals surface area contributed by atoms with Crippen LogP contribution in [0.1, 0.15) is 5.56 Å². The molecule has 30 heavy (non-hydrogen) atoms. The minimum Gasteiger partial charge on any atom is -0.367 e. The molecule has 9 heteroatoms. The van der Waals surface area contributed by atoms with Crippen LogP contribution in [0, 0.1) is 0 Å². The summed E-state index contributed by atoms with van der Waals surface area (Å²) in [6.07, 6.45) is -3.07. The molecule has 4 aromatic rings. The zero-order valence-corrected chi connectivity index (χ0v) is 15.8. The first-order valence-corrected chi connectivity index (χ1v) is 9.59. The van der Waals surface area contributed by atoms with E-state index in [1.54, 1.807) is 24.3 Å². The fourth-order valence-corrected chi connectivity index (χ4v) is 3.92. The smallest absolute Gasteiger partial charge is 0.367 e. The Morgan fingerprint density at radius 3 is 2.43 bits per heavy atom. The molecule has 6 nitrogen and oxygen atoms in total. The van der Waals surface area contributed by atoms with Crippen molar-refractivity contribution in [1.29, 1.82) is 0 Å². The Morgan fingerprint density at radius 2 is 1.73 bits per heavy atom. The number of fused-ring (bicyclic) bond motifs is 3. The number of H-pyrrole nitrogens is 1. The first-order valence-electron chi connectivity index (χ1n) is 9.59. The first-order chi connectivity index (χ1) is 14.4. The van der Waals surface area contributed by atoms with E-state index < -0.39 is 11.7 Å². The molecule has 1 aliphatic rings. The summed E-state index contributed by atoms with van der Waals surface area (Å²) in [4.78, 5) is 19.2. The van der Waals surface area contributed by atoms with Gasteiger partial charge < -0.3 is 10.2 Å². The van der Waals surface area contributed by atoms with Gasteiger partial charge in [0.05, 0.1) is 33.4 Å². The van der Waals surface area contributed by atoms with Crippen molar-refractivity contribution >= 4 is 27.5 Å². The molecule has 0 aliphatic carbocycles. The van der Waals surface area contributed by atoms with Gasteiger partial charge in [-0.3, -0.25) is 14.9 Å². The highest BCUT2D eigenvalue weighted by molar-refractivity contribution is 6.07. The number of nitrogens with zero attached hydrogens (tertiary/aromatic N) is 3. The average Bonchev–Trinajstić information content (AvgIpc) is 3.10. The van der Waals surface area contributed by atoms with Gasteiger partial charge in [0, 0.05) is 37.8 Å². The van der Waals surface area contributed by atoms with Crippen molar-refractivity contribution in [3.05, 3.63) is 64.6 Å². The SMILES string of the molecule is O=c1c2cnc3c(N4CCNCC4)cc(C(F)(F)F)cc3c2[nH]n1-c1ccccc1. The monoisotopic (exact) mass is 413 g/mol. The normalized spacial score (nSPS) is 15.2.